The average Bonchev–Trinajstić information content (AvgIpc) is 3.07. The first-order chi connectivity index (χ1) is 12.9. The third kappa shape index (κ3) is 4.05. The van der Waals surface area contributed by atoms with E-state index in [0.717, 1.165) is 47.8 Å². The molecule has 0 aliphatic carbocycles. The quantitative estimate of drug-likeness (QED) is 0.848. The van der Waals surface area contributed by atoms with Crippen LogP contribution in [0.25, 0.3) is 5.95 Å². The maximum atomic E-state index is 13.0. The summed E-state index contributed by atoms with van der Waals surface area (Å²) < 4.78 is 1.77. The van der Waals surface area contributed by atoms with Crippen LogP contribution in [-0.4, -0.2) is 55.7 Å². The van der Waals surface area contributed by atoms with Gasteiger partial charge in [0.25, 0.3) is 5.95 Å². The van der Waals surface area contributed by atoms with Crippen LogP contribution < -0.4 is 5.32 Å². The van der Waals surface area contributed by atoms with Gasteiger partial charge in [0.05, 0.1) is 12.1 Å². The minimum atomic E-state index is 0. The number of aromatic nitrogens is 4. The molecule has 28 heavy (non-hydrogen) atoms. The van der Waals surface area contributed by atoms with Crippen molar-refractivity contribution in [3.63, 3.8) is 0 Å². The number of fused-ring (bicyclic) bond motifs is 2. The lowest BCUT2D eigenvalue weighted by molar-refractivity contribution is -0.130. The maximum Gasteiger partial charge on any atom is 0.251 e. The molecule has 2 fully saturated rings. The SMILES string of the molecule is Cc1cc(C)nc(-n2nc(C)c(CC(=O)N3CCC4CCC(C3)N4)c2C)n1.Cl. The first-order valence-electron chi connectivity index (χ1n) is 9.82. The summed E-state index contributed by atoms with van der Waals surface area (Å²) >= 11 is 0. The number of hydrogen-bond donors (Lipinski definition) is 1. The first-order valence-corrected chi connectivity index (χ1v) is 9.82. The molecule has 0 saturated carbocycles. The van der Waals surface area contributed by atoms with Crippen LogP contribution in [0.5, 0.6) is 0 Å². The number of halogens is 1. The van der Waals surface area contributed by atoms with Gasteiger partial charge in [-0.05, 0) is 53.0 Å². The molecule has 0 radical (unpaired) electrons. The molecule has 2 saturated heterocycles. The highest BCUT2D eigenvalue weighted by atomic mass is 35.5. The van der Waals surface area contributed by atoms with E-state index >= 15 is 0 Å². The van der Waals surface area contributed by atoms with E-state index in [1.165, 1.54) is 12.8 Å². The Morgan fingerprint density at radius 2 is 1.79 bits per heavy atom. The lowest BCUT2D eigenvalue weighted by Crippen LogP contribution is -2.39. The molecule has 2 aromatic heterocycles. The summed E-state index contributed by atoms with van der Waals surface area (Å²) in [6.45, 7) is 9.53. The number of nitrogens with zero attached hydrogens (tertiary/aromatic N) is 5. The van der Waals surface area contributed by atoms with E-state index in [4.69, 9.17) is 0 Å². The zero-order chi connectivity index (χ0) is 19.1. The Kier molecular flexibility index (Phi) is 6.05. The number of carbonyl (C=O) groups is 1. The van der Waals surface area contributed by atoms with Crippen LogP contribution in [0.2, 0.25) is 0 Å². The molecule has 2 atom stereocenters. The molecule has 7 nitrogen and oxygen atoms in total. The van der Waals surface area contributed by atoms with Crippen LogP contribution in [0.4, 0.5) is 0 Å². The van der Waals surface area contributed by atoms with Crippen LogP contribution in [0.3, 0.4) is 0 Å². The fraction of sp³-hybridized carbons (Fsp3) is 0.600. The highest BCUT2D eigenvalue weighted by molar-refractivity contribution is 5.85. The molecule has 2 aliphatic rings. The Hall–Kier alpha value is -1.99. The third-order valence-electron chi connectivity index (χ3n) is 5.81. The lowest BCUT2D eigenvalue weighted by Gasteiger charge is -2.24. The Balaban J connectivity index is 0.00000225. The van der Waals surface area contributed by atoms with Crippen molar-refractivity contribution >= 4 is 18.3 Å². The van der Waals surface area contributed by atoms with Gasteiger partial charge in [0.15, 0.2) is 0 Å². The number of likely N-dealkylation sites (tertiary alicyclic amines) is 1. The highest BCUT2D eigenvalue weighted by Gasteiger charge is 2.31. The van der Waals surface area contributed by atoms with Gasteiger partial charge in [-0.25, -0.2) is 14.6 Å². The standard InChI is InChI=1S/C20H28N6O.ClH/c1-12-9-13(2)22-20(21-12)26-15(4)18(14(3)24-26)10-19(27)25-8-7-16-5-6-17(11-25)23-16;/h9,16-17,23H,5-8,10-11H2,1-4H3;1H. The van der Waals surface area contributed by atoms with Crippen LogP contribution in [0.1, 0.15) is 47.6 Å². The van der Waals surface area contributed by atoms with Gasteiger partial charge in [-0.2, -0.15) is 5.10 Å². The highest BCUT2D eigenvalue weighted by Crippen LogP contribution is 2.22. The predicted molar refractivity (Wildman–Crippen MR) is 110 cm³/mol. The number of hydrogen-bond acceptors (Lipinski definition) is 5. The van der Waals surface area contributed by atoms with Crippen molar-refractivity contribution in [3.8, 4) is 5.95 Å². The van der Waals surface area contributed by atoms with E-state index in [1.54, 1.807) is 4.68 Å². The molecule has 4 rings (SSSR count). The summed E-state index contributed by atoms with van der Waals surface area (Å²) in [4.78, 5) is 24.0. The van der Waals surface area contributed by atoms with Crippen LogP contribution in [-0.2, 0) is 11.2 Å². The van der Waals surface area contributed by atoms with Crippen molar-refractivity contribution in [2.75, 3.05) is 13.1 Å². The van der Waals surface area contributed by atoms with Crippen LogP contribution in [0.15, 0.2) is 6.07 Å². The molecule has 2 bridgehead atoms. The maximum absolute atomic E-state index is 13.0. The van der Waals surface area contributed by atoms with Gasteiger partial charge in [0.2, 0.25) is 5.91 Å². The third-order valence-corrected chi connectivity index (χ3v) is 5.81. The summed E-state index contributed by atoms with van der Waals surface area (Å²) in [6, 6.07) is 2.98. The molecule has 152 valence electrons. The largest absolute Gasteiger partial charge is 0.341 e. The van der Waals surface area contributed by atoms with Crippen molar-refractivity contribution in [2.24, 2.45) is 0 Å². The van der Waals surface area contributed by atoms with Gasteiger partial charge in [0.1, 0.15) is 0 Å². The lowest BCUT2D eigenvalue weighted by atomic mass is 10.1. The Bertz CT molecular complexity index is 860. The monoisotopic (exact) mass is 404 g/mol. The Morgan fingerprint density at radius 3 is 2.50 bits per heavy atom. The number of carbonyl (C=O) groups excluding carboxylic acids is 1. The number of nitrogens with one attached hydrogen (secondary N) is 1. The second kappa shape index (κ2) is 8.17. The van der Waals surface area contributed by atoms with E-state index in [9.17, 15) is 4.79 Å². The molecule has 1 amide bonds. The van der Waals surface area contributed by atoms with Gasteiger partial charge in [-0.1, -0.05) is 0 Å². The summed E-state index contributed by atoms with van der Waals surface area (Å²) in [7, 11) is 0. The van der Waals surface area contributed by atoms with E-state index in [0.29, 0.717) is 24.5 Å². The first kappa shape index (κ1) is 20.7. The molecule has 2 aromatic rings. The second-order valence-electron chi connectivity index (χ2n) is 7.95. The minimum absolute atomic E-state index is 0. The summed E-state index contributed by atoms with van der Waals surface area (Å²) in [6.07, 6.45) is 3.86. The molecule has 2 aliphatic heterocycles. The Morgan fingerprint density at radius 1 is 1.11 bits per heavy atom. The number of aryl methyl sites for hydroxylation is 3. The van der Waals surface area contributed by atoms with Crippen LogP contribution >= 0.6 is 12.4 Å². The van der Waals surface area contributed by atoms with Gasteiger partial charge >= 0.3 is 0 Å². The second-order valence-corrected chi connectivity index (χ2v) is 7.95. The molecule has 0 aromatic carbocycles. The van der Waals surface area contributed by atoms with Gasteiger partial charge < -0.3 is 10.2 Å². The molecule has 1 N–H and O–H groups in total. The fourth-order valence-electron chi connectivity index (χ4n) is 4.36. The summed E-state index contributed by atoms with van der Waals surface area (Å²) in [5.41, 5.74) is 4.63. The zero-order valence-electron chi connectivity index (χ0n) is 17.0. The Labute approximate surface area is 172 Å². The normalized spacial score (nSPS) is 21.4. The van der Waals surface area contributed by atoms with Crippen molar-refractivity contribution < 1.29 is 4.79 Å². The molecular formula is C20H29ClN6O. The van der Waals surface area contributed by atoms with Gasteiger partial charge in [0, 0.05) is 47.8 Å². The van der Waals surface area contributed by atoms with E-state index in [-0.39, 0.29) is 18.3 Å². The zero-order valence-corrected chi connectivity index (χ0v) is 17.8. The topological polar surface area (TPSA) is 75.9 Å². The van der Waals surface area contributed by atoms with Crippen molar-refractivity contribution in [3.05, 3.63) is 34.4 Å². The van der Waals surface area contributed by atoms with Gasteiger partial charge in [-0.3, -0.25) is 4.79 Å². The number of rotatable bonds is 3. The van der Waals surface area contributed by atoms with E-state index in [1.807, 2.05) is 38.7 Å². The summed E-state index contributed by atoms with van der Waals surface area (Å²) in [5.74, 6) is 0.763. The predicted octanol–water partition coefficient (Wildman–Crippen LogP) is 2.21. The smallest absolute Gasteiger partial charge is 0.251 e. The van der Waals surface area contributed by atoms with Crippen molar-refractivity contribution in [1.29, 1.82) is 0 Å². The van der Waals surface area contributed by atoms with Crippen molar-refractivity contribution in [1.82, 2.24) is 30.0 Å². The van der Waals surface area contributed by atoms with Crippen molar-refractivity contribution in [2.45, 2.75) is 65.5 Å². The molecule has 0 spiro atoms. The molecule has 4 heterocycles. The van der Waals surface area contributed by atoms with E-state index < -0.39 is 0 Å². The molecule has 2 unspecified atom stereocenters. The fourth-order valence-corrected chi connectivity index (χ4v) is 4.36. The summed E-state index contributed by atoms with van der Waals surface area (Å²) in [5, 5.41) is 8.26. The van der Waals surface area contributed by atoms with E-state index in [2.05, 4.69) is 20.4 Å². The average molecular weight is 405 g/mol. The number of amides is 1. The minimum Gasteiger partial charge on any atom is -0.341 e. The van der Waals surface area contributed by atoms with Gasteiger partial charge in [-0.15, -0.1) is 12.4 Å². The molecule has 8 heteroatoms. The molecular weight excluding hydrogens is 376 g/mol. The van der Waals surface area contributed by atoms with Crippen LogP contribution in [0, 0.1) is 27.7 Å².